The Morgan fingerprint density at radius 3 is 2.68 bits per heavy atom. The molecular formula is C14H17F3N2O3. The third kappa shape index (κ3) is 4.12. The van der Waals surface area contributed by atoms with Gasteiger partial charge in [-0.3, -0.25) is 9.59 Å². The maximum atomic E-state index is 12.3. The van der Waals surface area contributed by atoms with Gasteiger partial charge in [0.1, 0.15) is 12.6 Å². The van der Waals surface area contributed by atoms with Gasteiger partial charge in [0.2, 0.25) is 5.91 Å². The first kappa shape index (κ1) is 16.6. The van der Waals surface area contributed by atoms with E-state index in [0.717, 1.165) is 12.8 Å². The summed E-state index contributed by atoms with van der Waals surface area (Å²) in [6, 6.07) is 2.10. The Kier molecular flexibility index (Phi) is 4.94. The number of rotatable bonds is 3. The molecule has 0 aromatic rings. The molecule has 1 amide bonds. The maximum absolute atomic E-state index is 12.3. The number of carbonyl (C=O) groups is 2. The highest BCUT2D eigenvalue weighted by Crippen LogP contribution is 2.29. The van der Waals surface area contributed by atoms with Crippen molar-refractivity contribution in [1.29, 1.82) is 5.26 Å². The van der Waals surface area contributed by atoms with E-state index < -0.39 is 36.6 Å². The van der Waals surface area contributed by atoms with Crippen molar-refractivity contribution in [3.63, 3.8) is 0 Å². The second-order valence-electron chi connectivity index (χ2n) is 5.79. The van der Waals surface area contributed by atoms with Gasteiger partial charge in [0.25, 0.3) is 0 Å². The molecule has 0 radical (unpaired) electrons. The van der Waals surface area contributed by atoms with Gasteiger partial charge in [0.15, 0.2) is 0 Å². The Labute approximate surface area is 126 Å². The lowest BCUT2D eigenvalue weighted by Gasteiger charge is -2.27. The summed E-state index contributed by atoms with van der Waals surface area (Å²) in [5.74, 6) is -2.62. The van der Waals surface area contributed by atoms with Gasteiger partial charge >= 0.3 is 12.1 Å². The number of carbonyl (C=O) groups excluding carboxylic acids is 2. The highest BCUT2D eigenvalue weighted by Gasteiger charge is 2.42. The third-order valence-corrected chi connectivity index (χ3v) is 4.05. The molecule has 122 valence electrons. The highest BCUT2D eigenvalue weighted by molar-refractivity contribution is 5.86. The first-order valence-electron chi connectivity index (χ1n) is 7.25. The molecule has 2 aliphatic rings. The van der Waals surface area contributed by atoms with Crippen LogP contribution < -0.4 is 0 Å². The predicted octanol–water partition coefficient (Wildman–Crippen LogP) is 2.02. The van der Waals surface area contributed by atoms with Crippen LogP contribution >= 0.6 is 0 Å². The number of likely N-dealkylation sites (tertiary alicyclic amines) is 1. The SMILES string of the molecule is N#C[C@H]1CCCC[C@@H]1OC(=O)[C@@H]1CC(=O)N(CC(F)(F)F)C1. The summed E-state index contributed by atoms with van der Waals surface area (Å²) in [5.41, 5.74) is 0. The van der Waals surface area contributed by atoms with Gasteiger partial charge < -0.3 is 9.64 Å². The van der Waals surface area contributed by atoms with E-state index in [-0.39, 0.29) is 18.9 Å². The van der Waals surface area contributed by atoms with Crippen molar-refractivity contribution in [2.75, 3.05) is 13.1 Å². The van der Waals surface area contributed by atoms with Gasteiger partial charge in [-0.15, -0.1) is 0 Å². The van der Waals surface area contributed by atoms with E-state index in [0.29, 0.717) is 17.7 Å². The summed E-state index contributed by atoms with van der Waals surface area (Å²) in [6.45, 7) is -1.62. The van der Waals surface area contributed by atoms with Crippen molar-refractivity contribution in [3.8, 4) is 6.07 Å². The van der Waals surface area contributed by atoms with Crippen LogP contribution in [0.3, 0.4) is 0 Å². The van der Waals surface area contributed by atoms with Crippen molar-refractivity contribution in [2.45, 2.75) is 44.4 Å². The van der Waals surface area contributed by atoms with Crippen LogP contribution in [0.4, 0.5) is 13.2 Å². The number of esters is 1. The Hall–Kier alpha value is -1.78. The van der Waals surface area contributed by atoms with E-state index >= 15 is 0 Å². The molecule has 0 aromatic carbocycles. The lowest BCUT2D eigenvalue weighted by Crippen LogP contribution is -2.36. The standard InChI is InChI=1S/C14H17F3N2O3/c15-14(16,17)8-19-7-10(5-12(19)20)13(21)22-11-4-2-1-3-9(11)6-18/h9-11H,1-5,7-8H2/t9-,10-,11+/m1/s1. The Morgan fingerprint density at radius 2 is 2.05 bits per heavy atom. The molecular weight excluding hydrogens is 301 g/mol. The number of hydrogen-bond acceptors (Lipinski definition) is 4. The van der Waals surface area contributed by atoms with E-state index in [4.69, 9.17) is 10.00 Å². The van der Waals surface area contributed by atoms with Crippen molar-refractivity contribution in [1.82, 2.24) is 4.90 Å². The molecule has 0 aromatic heterocycles. The maximum Gasteiger partial charge on any atom is 0.406 e. The van der Waals surface area contributed by atoms with Crippen LogP contribution in [-0.2, 0) is 14.3 Å². The van der Waals surface area contributed by atoms with Gasteiger partial charge in [0.05, 0.1) is 17.9 Å². The minimum Gasteiger partial charge on any atom is -0.461 e. The van der Waals surface area contributed by atoms with Crippen LogP contribution in [0.25, 0.3) is 0 Å². The first-order valence-corrected chi connectivity index (χ1v) is 7.25. The molecule has 1 aliphatic carbocycles. The van der Waals surface area contributed by atoms with Crippen molar-refractivity contribution >= 4 is 11.9 Å². The smallest absolute Gasteiger partial charge is 0.406 e. The van der Waals surface area contributed by atoms with Gasteiger partial charge in [-0.1, -0.05) is 6.42 Å². The van der Waals surface area contributed by atoms with Crippen LogP contribution in [0.1, 0.15) is 32.1 Å². The summed E-state index contributed by atoms with van der Waals surface area (Å²) in [5, 5.41) is 9.02. The molecule has 22 heavy (non-hydrogen) atoms. The van der Waals surface area contributed by atoms with Crippen LogP contribution in [0.15, 0.2) is 0 Å². The summed E-state index contributed by atoms with van der Waals surface area (Å²) in [7, 11) is 0. The predicted molar refractivity (Wildman–Crippen MR) is 68.2 cm³/mol. The largest absolute Gasteiger partial charge is 0.461 e. The van der Waals surface area contributed by atoms with E-state index in [1.807, 2.05) is 0 Å². The molecule has 0 unspecified atom stereocenters. The average Bonchev–Trinajstić information content (AvgIpc) is 2.79. The van der Waals surface area contributed by atoms with E-state index in [2.05, 4.69) is 6.07 Å². The fourth-order valence-electron chi connectivity index (χ4n) is 2.93. The fourth-order valence-corrected chi connectivity index (χ4v) is 2.93. The molecule has 1 aliphatic heterocycles. The number of nitrogens with zero attached hydrogens (tertiary/aromatic N) is 2. The van der Waals surface area contributed by atoms with Crippen LogP contribution in [0, 0.1) is 23.2 Å². The number of ether oxygens (including phenoxy) is 1. The first-order chi connectivity index (χ1) is 10.3. The number of nitriles is 1. The summed E-state index contributed by atoms with van der Waals surface area (Å²) >= 11 is 0. The second-order valence-corrected chi connectivity index (χ2v) is 5.79. The number of alkyl halides is 3. The molecule has 2 fully saturated rings. The molecule has 3 atom stereocenters. The average molecular weight is 318 g/mol. The molecule has 1 heterocycles. The summed E-state index contributed by atoms with van der Waals surface area (Å²) < 4.78 is 42.3. The van der Waals surface area contributed by atoms with Gasteiger partial charge in [-0.05, 0) is 19.3 Å². The fraction of sp³-hybridized carbons (Fsp3) is 0.786. The monoisotopic (exact) mass is 318 g/mol. The molecule has 1 saturated heterocycles. The minimum absolute atomic E-state index is 0.265. The van der Waals surface area contributed by atoms with Gasteiger partial charge in [-0.2, -0.15) is 18.4 Å². The topological polar surface area (TPSA) is 70.4 Å². The molecule has 1 saturated carbocycles. The number of amides is 1. The minimum atomic E-state index is -4.48. The molecule has 0 spiro atoms. The molecule has 5 nitrogen and oxygen atoms in total. The van der Waals surface area contributed by atoms with Crippen LogP contribution in [-0.4, -0.2) is 42.1 Å². The summed E-state index contributed by atoms with van der Waals surface area (Å²) in [4.78, 5) is 24.2. The normalized spacial score (nSPS) is 29.3. The number of hydrogen-bond donors (Lipinski definition) is 0. The molecule has 0 N–H and O–H groups in total. The van der Waals surface area contributed by atoms with Gasteiger partial charge in [-0.25, -0.2) is 0 Å². The Balaban J connectivity index is 1.91. The zero-order valence-corrected chi connectivity index (χ0v) is 11.9. The highest BCUT2D eigenvalue weighted by atomic mass is 19.4. The van der Waals surface area contributed by atoms with Crippen molar-refractivity contribution < 1.29 is 27.5 Å². The van der Waals surface area contributed by atoms with Crippen molar-refractivity contribution in [2.24, 2.45) is 11.8 Å². The zero-order valence-electron chi connectivity index (χ0n) is 11.9. The van der Waals surface area contributed by atoms with Crippen LogP contribution in [0.5, 0.6) is 0 Å². The van der Waals surface area contributed by atoms with E-state index in [1.54, 1.807) is 0 Å². The van der Waals surface area contributed by atoms with Crippen LogP contribution in [0.2, 0.25) is 0 Å². The Morgan fingerprint density at radius 1 is 1.36 bits per heavy atom. The van der Waals surface area contributed by atoms with E-state index in [1.165, 1.54) is 0 Å². The summed E-state index contributed by atoms with van der Waals surface area (Å²) in [6.07, 6.45) is -2.29. The molecule has 8 heteroatoms. The quantitative estimate of drug-likeness (QED) is 0.747. The number of halogens is 3. The second kappa shape index (κ2) is 6.55. The molecule has 0 bridgehead atoms. The third-order valence-electron chi connectivity index (χ3n) is 4.05. The van der Waals surface area contributed by atoms with Gasteiger partial charge in [0, 0.05) is 13.0 Å². The Bertz CT molecular complexity index is 487. The zero-order chi connectivity index (χ0) is 16.3. The lowest BCUT2D eigenvalue weighted by molar-refractivity contribution is -0.160. The van der Waals surface area contributed by atoms with E-state index in [9.17, 15) is 22.8 Å². The molecule has 2 rings (SSSR count). The van der Waals surface area contributed by atoms with Crippen molar-refractivity contribution in [3.05, 3.63) is 0 Å². The lowest BCUT2D eigenvalue weighted by atomic mass is 9.87.